The molecular formula is C29H28S2. The first-order chi connectivity index (χ1) is 15.1. The molecule has 2 aromatic heterocycles. The molecule has 0 aliphatic carbocycles. The second-order valence-corrected chi connectivity index (χ2v) is 9.90. The first-order valence-corrected chi connectivity index (χ1v) is 12.4. The predicted octanol–water partition coefficient (Wildman–Crippen LogP) is 10.1. The summed E-state index contributed by atoms with van der Waals surface area (Å²) in [5.74, 6) is 0. The molecule has 2 aromatic carbocycles. The molecule has 0 nitrogen and oxygen atoms in total. The lowest BCUT2D eigenvalue weighted by Crippen LogP contribution is -1.81. The molecule has 0 radical (unpaired) electrons. The Bertz CT molecular complexity index is 1310. The van der Waals surface area contributed by atoms with Crippen molar-refractivity contribution >= 4 is 54.3 Å². The number of fused-ring (bicyclic) bond motifs is 3. The van der Waals surface area contributed by atoms with Crippen LogP contribution in [0, 0.1) is 0 Å². The van der Waals surface area contributed by atoms with Crippen molar-refractivity contribution in [2.45, 2.75) is 33.6 Å². The van der Waals surface area contributed by atoms with Gasteiger partial charge in [0.25, 0.3) is 0 Å². The normalized spacial score (nSPS) is 13.0. The SMILES string of the molecule is C=CCC/C=C(C)/C(C)=C/c1sc2c(sc3cc(-c4ccccc4)ccc32)c1/C=C\C. The van der Waals surface area contributed by atoms with E-state index in [1.54, 1.807) is 0 Å². The van der Waals surface area contributed by atoms with Crippen LogP contribution in [0.3, 0.4) is 0 Å². The molecule has 2 heterocycles. The van der Waals surface area contributed by atoms with Gasteiger partial charge in [0.05, 0.1) is 9.40 Å². The van der Waals surface area contributed by atoms with E-state index < -0.39 is 0 Å². The van der Waals surface area contributed by atoms with E-state index in [2.05, 4.69) is 100 Å². The number of unbranched alkanes of at least 4 members (excludes halogenated alkanes) is 1. The van der Waals surface area contributed by atoms with Crippen LogP contribution < -0.4 is 0 Å². The third-order valence-corrected chi connectivity index (χ3v) is 8.10. The Labute approximate surface area is 193 Å². The average molecular weight is 441 g/mol. The topological polar surface area (TPSA) is 0 Å². The van der Waals surface area contributed by atoms with E-state index in [0.29, 0.717) is 0 Å². The second kappa shape index (κ2) is 9.64. The molecule has 0 saturated carbocycles. The van der Waals surface area contributed by atoms with Gasteiger partial charge in [0.1, 0.15) is 0 Å². The molecule has 0 atom stereocenters. The van der Waals surface area contributed by atoms with Crippen LogP contribution >= 0.6 is 22.7 Å². The highest BCUT2D eigenvalue weighted by atomic mass is 32.1. The van der Waals surface area contributed by atoms with Gasteiger partial charge in [-0.15, -0.1) is 29.3 Å². The number of hydrogen-bond donors (Lipinski definition) is 0. The van der Waals surface area contributed by atoms with Crippen LogP contribution in [0.4, 0.5) is 0 Å². The summed E-state index contributed by atoms with van der Waals surface area (Å²) in [6.07, 6.45) is 13.2. The number of thiophene rings is 2. The zero-order chi connectivity index (χ0) is 21.8. The molecule has 31 heavy (non-hydrogen) atoms. The molecule has 0 amide bonds. The van der Waals surface area contributed by atoms with E-state index in [0.717, 1.165) is 12.8 Å². The Balaban J connectivity index is 1.79. The molecule has 0 unspecified atom stereocenters. The van der Waals surface area contributed by atoms with Crippen molar-refractivity contribution in [3.05, 3.63) is 94.9 Å². The zero-order valence-electron chi connectivity index (χ0n) is 18.4. The van der Waals surface area contributed by atoms with Gasteiger partial charge in [-0.3, -0.25) is 0 Å². The minimum Gasteiger partial charge on any atom is -0.134 e. The van der Waals surface area contributed by atoms with Crippen molar-refractivity contribution in [2.24, 2.45) is 0 Å². The van der Waals surface area contributed by atoms with Gasteiger partial charge in [0, 0.05) is 20.5 Å². The summed E-state index contributed by atoms with van der Waals surface area (Å²) in [6.45, 7) is 10.4. The maximum Gasteiger partial charge on any atom is 0.0542 e. The fourth-order valence-electron chi connectivity index (χ4n) is 3.76. The number of benzene rings is 2. The van der Waals surface area contributed by atoms with Crippen LogP contribution in [0.15, 0.2) is 84.5 Å². The Morgan fingerprint density at radius 2 is 1.71 bits per heavy atom. The number of rotatable bonds is 7. The minimum absolute atomic E-state index is 1.03. The summed E-state index contributed by atoms with van der Waals surface area (Å²) >= 11 is 3.83. The van der Waals surface area contributed by atoms with E-state index in [9.17, 15) is 0 Å². The van der Waals surface area contributed by atoms with Crippen LogP contribution in [-0.4, -0.2) is 0 Å². The first kappa shape index (κ1) is 21.5. The molecule has 4 rings (SSSR count). The van der Waals surface area contributed by atoms with Crippen LogP contribution in [0.5, 0.6) is 0 Å². The lowest BCUT2D eigenvalue weighted by Gasteiger charge is -2.03. The third kappa shape index (κ3) is 4.51. The first-order valence-electron chi connectivity index (χ1n) is 10.8. The molecule has 2 heteroatoms. The van der Waals surface area contributed by atoms with E-state index >= 15 is 0 Å². The van der Waals surface area contributed by atoms with Crippen molar-refractivity contribution < 1.29 is 0 Å². The highest BCUT2D eigenvalue weighted by Crippen LogP contribution is 2.45. The molecule has 0 aliphatic rings. The summed E-state index contributed by atoms with van der Waals surface area (Å²) < 4.78 is 4.16. The Kier molecular flexibility index (Phi) is 6.70. The quantitative estimate of drug-likeness (QED) is 0.152. The highest BCUT2D eigenvalue weighted by Gasteiger charge is 2.15. The van der Waals surface area contributed by atoms with Gasteiger partial charge in [-0.25, -0.2) is 0 Å². The van der Waals surface area contributed by atoms with Crippen molar-refractivity contribution in [2.75, 3.05) is 0 Å². The fourth-order valence-corrected chi connectivity index (χ4v) is 6.54. The van der Waals surface area contributed by atoms with Crippen molar-refractivity contribution in [3.63, 3.8) is 0 Å². The fraction of sp³-hybridized carbons (Fsp3) is 0.172. The second-order valence-electron chi connectivity index (χ2n) is 7.80. The molecule has 0 spiro atoms. The molecule has 0 fully saturated rings. The molecule has 0 bridgehead atoms. The summed E-state index contributed by atoms with van der Waals surface area (Å²) in [6, 6.07) is 17.5. The van der Waals surface area contributed by atoms with E-state index in [1.165, 1.54) is 52.2 Å². The van der Waals surface area contributed by atoms with Crippen LogP contribution in [0.25, 0.3) is 42.8 Å². The number of allylic oxidation sites excluding steroid dienone is 5. The lowest BCUT2D eigenvalue weighted by atomic mass is 10.0. The Morgan fingerprint density at radius 1 is 0.903 bits per heavy atom. The van der Waals surface area contributed by atoms with E-state index in [-0.39, 0.29) is 0 Å². The smallest absolute Gasteiger partial charge is 0.0542 e. The standard InChI is InChI=1S/C29H28S2/c1-5-7-9-13-20(3)21(4)18-26-24(12-6-2)28-29(30-26)25-17-16-23(19-27(25)31-28)22-14-10-8-11-15-22/h5-6,8,10-19H,1,7,9H2,2-4H3/b12-6-,20-13+,21-18+. The molecule has 4 aromatic rings. The van der Waals surface area contributed by atoms with Crippen LogP contribution in [0.2, 0.25) is 0 Å². The molecule has 0 N–H and O–H groups in total. The van der Waals surface area contributed by atoms with Gasteiger partial charge in [0.15, 0.2) is 0 Å². The average Bonchev–Trinajstić information content (AvgIpc) is 3.30. The van der Waals surface area contributed by atoms with Gasteiger partial charge in [0.2, 0.25) is 0 Å². The van der Waals surface area contributed by atoms with Crippen molar-refractivity contribution in [1.82, 2.24) is 0 Å². The highest BCUT2D eigenvalue weighted by molar-refractivity contribution is 7.33. The third-order valence-electron chi connectivity index (χ3n) is 5.60. The van der Waals surface area contributed by atoms with E-state index in [1.807, 2.05) is 28.7 Å². The maximum absolute atomic E-state index is 3.82. The zero-order valence-corrected chi connectivity index (χ0v) is 20.1. The van der Waals surface area contributed by atoms with Gasteiger partial charge < -0.3 is 0 Å². The van der Waals surface area contributed by atoms with Gasteiger partial charge >= 0.3 is 0 Å². The Morgan fingerprint density at radius 3 is 2.45 bits per heavy atom. The molecule has 0 saturated heterocycles. The van der Waals surface area contributed by atoms with Crippen LogP contribution in [-0.2, 0) is 0 Å². The van der Waals surface area contributed by atoms with Crippen molar-refractivity contribution in [1.29, 1.82) is 0 Å². The van der Waals surface area contributed by atoms with Gasteiger partial charge in [-0.2, -0.15) is 0 Å². The van der Waals surface area contributed by atoms with Gasteiger partial charge in [-0.05, 0) is 62.5 Å². The van der Waals surface area contributed by atoms with Crippen LogP contribution in [0.1, 0.15) is 44.1 Å². The summed E-state index contributed by atoms with van der Waals surface area (Å²) in [5, 5.41) is 1.37. The maximum atomic E-state index is 3.82. The molecule has 0 aliphatic heterocycles. The predicted molar refractivity (Wildman–Crippen MR) is 144 cm³/mol. The largest absolute Gasteiger partial charge is 0.134 e. The summed E-state index contributed by atoms with van der Waals surface area (Å²) in [5.41, 5.74) is 6.59. The lowest BCUT2D eigenvalue weighted by molar-refractivity contribution is 1.04. The Hall–Kier alpha value is -2.68. The summed E-state index contributed by atoms with van der Waals surface area (Å²) in [4.78, 5) is 1.35. The summed E-state index contributed by atoms with van der Waals surface area (Å²) in [7, 11) is 0. The molecule has 156 valence electrons. The monoisotopic (exact) mass is 440 g/mol. The van der Waals surface area contributed by atoms with Gasteiger partial charge in [-0.1, -0.05) is 72.3 Å². The van der Waals surface area contributed by atoms with Crippen molar-refractivity contribution in [3.8, 4) is 11.1 Å². The minimum atomic E-state index is 1.03. The van der Waals surface area contributed by atoms with E-state index in [4.69, 9.17) is 0 Å². The molecular weight excluding hydrogens is 412 g/mol. The number of hydrogen-bond acceptors (Lipinski definition) is 2.